The maximum absolute atomic E-state index is 8.97. The number of fused-ring (bicyclic) bond motifs is 13. The zero-order valence-electron chi connectivity index (χ0n) is 56.0. The van der Waals surface area contributed by atoms with E-state index in [1.807, 2.05) is 133 Å². The summed E-state index contributed by atoms with van der Waals surface area (Å²) in [4.78, 5) is 0. The van der Waals surface area contributed by atoms with E-state index in [2.05, 4.69) is 237 Å². The van der Waals surface area contributed by atoms with E-state index >= 15 is 0 Å². The van der Waals surface area contributed by atoms with Crippen molar-refractivity contribution in [3.05, 3.63) is 352 Å². The first kappa shape index (κ1) is 65.7. The lowest BCUT2D eigenvalue weighted by molar-refractivity contribution is 0.453. The molecule has 0 aliphatic carbocycles. The fourth-order valence-electron chi connectivity index (χ4n) is 14.2. The molecule has 0 spiro atoms. The van der Waals surface area contributed by atoms with Gasteiger partial charge in [-0.05, 0) is 179 Å². The molecule has 104 heavy (non-hydrogen) atoms. The smallest absolute Gasteiger partial charge is 0.537 e. The highest BCUT2D eigenvalue weighted by Crippen LogP contribution is 2.40. The largest absolute Gasteiger partial charge is 0.569 e. The fraction of sp³-hybridized carbons (Fsp3) is 0. The highest BCUT2D eigenvalue weighted by atomic mass is 16.5. The van der Waals surface area contributed by atoms with Crippen LogP contribution in [0.4, 0.5) is 0 Å². The molecule has 15 aromatic carbocycles. The molecule has 12 nitrogen and oxygen atoms in total. The second kappa shape index (κ2) is 29.7. The minimum absolute atomic E-state index is 0.607. The molecule has 0 bridgehead atoms. The third-order valence-electron chi connectivity index (χ3n) is 18.8. The molecule has 4 N–H and O–H groups in total. The molecule has 0 aliphatic heterocycles. The van der Waals surface area contributed by atoms with Crippen molar-refractivity contribution in [3.8, 4) is 68.0 Å². The topological polar surface area (TPSA) is 138 Å². The summed E-state index contributed by atoms with van der Waals surface area (Å²) < 4.78 is 29.6. The molecule has 0 unspecified atom stereocenters. The standard InChI is InChI=1S/2C24H17BNO2.C22H15BNO2.C18H13BNO2/c27-25-28-20-13-14-24-22(16-20)21-11-4-5-12-23(21)26(24)19-10-6-9-18(15-19)17-7-2-1-3-8-17;27-25-28-20-14-15-24-22(16-20)21-8-4-5-9-23(21)26(24)19-12-10-18(11-13-19)17-6-2-1-3-7-17;25-23-26-18-11-12-22-20(14-18)19-7-3-4-8-21(19)24(22)17-10-9-15-5-1-2-6-16(15)13-17;21-19-22-14-10-11-18-16(12-14)15-8-4-5-9-17(15)20(18)13-6-2-1-3-7-13/h2*1-16,27H;1-14,25H;1-12,21H. The Bertz CT molecular complexity index is 6270. The van der Waals surface area contributed by atoms with Gasteiger partial charge in [0.15, 0.2) is 0 Å². The molecule has 0 saturated heterocycles. The molecule has 0 amide bonds. The van der Waals surface area contributed by atoms with E-state index in [1.165, 1.54) is 33.0 Å². The summed E-state index contributed by atoms with van der Waals surface area (Å²) in [6.07, 6.45) is 0. The van der Waals surface area contributed by atoms with E-state index < -0.39 is 0 Å². The Balaban J connectivity index is 0.000000107. The van der Waals surface area contributed by atoms with Gasteiger partial charge in [-0.2, -0.15) is 0 Å². The van der Waals surface area contributed by atoms with Crippen LogP contribution in [-0.2, 0) is 0 Å². The molecule has 16 heteroatoms. The van der Waals surface area contributed by atoms with Gasteiger partial charge in [0.05, 0.1) is 44.1 Å². The molecular formula is C88H62B4N4O8. The first-order valence-corrected chi connectivity index (χ1v) is 33.9. The van der Waals surface area contributed by atoms with Gasteiger partial charge in [0.1, 0.15) is 23.0 Å². The number of nitrogens with zero attached hydrogens (tertiary/aromatic N) is 4. The van der Waals surface area contributed by atoms with Crippen molar-refractivity contribution in [2.45, 2.75) is 0 Å². The van der Waals surface area contributed by atoms with Crippen LogP contribution < -0.4 is 18.6 Å². The Labute approximate surface area is 602 Å². The van der Waals surface area contributed by atoms with Gasteiger partial charge >= 0.3 is 30.7 Å². The average Bonchev–Trinajstić information content (AvgIpc) is 1.62. The van der Waals surface area contributed by atoms with Crippen LogP contribution in [-0.4, -0.2) is 69.1 Å². The molecule has 19 rings (SSSR count). The van der Waals surface area contributed by atoms with Crippen molar-refractivity contribution in [3.63, 3.8) is 0 Å². The van der Waals surface area contributed by atoms with Crippen molar-refractivity contribution in [2.75, 3.05) is 0 Å². The lowest BCUT2D eigenvalue weighted by Crippen LogP contribution is -1.99. The number of hydrogen-bond acceptors (Lipinski definition) is 8. The monoisotopic (exact) mass is 1350 g/mol. The molecule has 4 aromatic heterocycles. The summed E-state index contributed by atoms with van der Waals surface area (Å²) in [5.41, 5.74) is 18.2. The Morgan fingerprint density at radius 3 is 0.865 bits per heavy atom. The highest BCUT2D eigenvalue weighted by molar-refractivity contribution is 6.20. The molecule has 4 radical (unpaired) electrons. The lowest BCUT2D eigenvalue weighted by Gasteiger charge is -2.10. The van der Waals surface area contributed by atoms with Crippen molar-refractivity contribution < 1.29 is 38.7 Å². The zero-order chi connectivity index (χ0) is 70.3. The lowest BCUT2D eigenvalue weighted by atomic mass is 10.1. The van der Waals surface area contributed by atoms with E-state index in [0.717, 1.165) is 110 Å². The van der Waals surface area contributed by atoms with Crippen molar-refractivity contribution in [1.29, 1.82) is 0 Å². The van der Waals surface area contributed by atoms with Crippen LogP contribution in [0.1, 0.15) is 0 Å². The summed E-state index contributed by atoms with van der Waals surface area (Å²) in [6, 6.07) is 120. The average molecular weight is 1350 g/mol. The third kappa shape index (κ3) is 12.9. The normalized spacial score (nSPS) is 11.1. The quantitative estimate of drug-likeness (QED) is 0.0790. The Hall–Kier alpha value is -12.9. The molecule has 4 heterocycles. The second-order valence-corrected chi connectivity index (χ2v) is 24.7. The summed E-state index contributed by atoms with van der Waals surface area (Å²) in [5.74, 6) is 2.45. The van der Waals surface area contributed by atoms with Gasteiger partial charge in [-0.1, -0.05) is 206 Å². The van der Waals surface area contributed by atoms with Gasteiger partial charge in [-0.3, -0.25) is 0 Å². The molecular weight excluding hydrogens is 1280 g/mol. The zero-order valence-corrected chi connectivity index (χ0v) is 56.0. The predicted octanol–water partition coefficient (Wildman–Crippen LogP) is 19.2. The Morgan fingerprint density at radius 2 is 0.462 bits per heavy atom. The van der Waals surface area contributed by atoms with Crippen LogP contribution in [0.15, 0.2) is 352 Å². The first-order valence-electron chi connectivity index (χ1n) is 33.9. The van der Waals surface area contributed by atoms with E-state index in [4.69, 9.17) is 38.7 Å². The maximum Gasteiger partial charge on any atom is 0.569 e. The van der Waals surface area contributed by atoms with Gasteiger partial charge in [0.2, 0.25) is 0 Å². The third-order valence-corrected chi connectivity index (χ3v) is 18.8. The van der Waals surface area contributed by atoms with E-state index in [1.54, 1.807) is 0 Å². The summed E-state index contributed by atoms with van der Waals surface area (Å²) in [5, 5.41) is 47.1. The number of benzene rings is 15. The van der Waals surface area contributed by atoms with Crippen LogP contribution in [0, 0.1) is 0 Å². The molecule has 0 atom stereocenters. The number of hydrogen-bond donors (Lipinski definition) is 4. The van der Waals surface area contributed by atoms with E-state index in [9.17, 15) is 0 Å². The molecule has 0 aliphatic rings. The van der Waals surface area contributed by atoms with Crippen LogP contribution in [0.25, 0.3) is 143 Å². The molecule has 494 valence electrons. The second-order valence-electron chi connectivity index (χ2n) is 24.7. The van der Waals surface area contributed by atoms with E-state index in [0.29, 0.717) is 53.7 Å². The summed E-state index contributed by atoms with van der Waals surface area (Å²) in [6.45, 7) is 0. The maximum atomic E-state index is 8.97. The molecule has 0 saturated carbocycles. The van der Waals surface area contributed by atoms with Crippen LogP contribution in [0.2, 0.25) is 0 Å². The van der Waals surface area contributed by atoms with Gasteiger partial charge in [-0.15, -0.1) is 0 Å². The fourth-order valence-corrected chi connectivity index (χ4v) is 14.2. The minimum Gasteiger partial charge on any atom is -0.537 e. The SMILES string of the molecule is O[B]Oc1ccc2c(c1)c1ccccc1n2-c1ccc(-c2ccccc2)cc1.O[B]Oc1ccc2c(c1)c1ccccc1n2-c1ccc2ccccc2c1.O[B]Oc1ccc2c(c1)c1ccccc1n2-c1cccc(-c2ccccc2)c1.O[B]Oc1ccc2c(c1)c1ccccc1n2-c1ccccc1. The van der Waals surface area contributed by atoms with Crippen LogP contribution >= 0.6 is 0 Å². The number of rotatable bonds is 14. The van der Waals surface area contributed by atoms with E-state index in [-0.39, 0.29) is 0 Å². The predicted molar refractivity (Wildman–Crippen MR) is 426 cm³/mol. The summed E-state index contributed by atoms with van der Waals surface area (Å²) >= 11 is 0. The van der Waals surface area contributed by atoms with Gasteiger partial charge in [-0.25, -0.2) is 0 Å². The van der Waals surface area contributed by atoms with Gasteiger partial charge in [0.25, 0.3) is 0 Å². The van der Waals surface area contributed by atoms with Crippen molar-refractivity contribution >= 4 is 129 Å². The van der Waals surface area contributed by atoms with Gasteiger partial charge < -0.3 is 57.0 Å². The Morgan fingerprint density at radius 1 is 0.183 bits per heavy atom. The Kier molecular flexibility index (Phi) is 18.8. The van der Waals surface area contributed by atoms with Crippen LogP contribution in [0.3, 0.4) is 0 Å². The summed E-state index contributed by atoms with van der Waals surface area (Å²) in [7, 11) is 2.84. The van der Waals surface area contributed by atoms with Crippen molar-refractivity contribution in [2.24, 2.45) is 0 Å². The van der Waals surface area contributed by atoms with Crippen LogP contribution in [0.5, 0.6) is 23.0 Å². The number of para-hydroxylation sites is 5. The van der Waals surface area contributed by atoms with Gasteiger partial charge in [0, 0.05) is 65.8 Å². The molecule has 0 fully saturated rings. The highest BCUT2D eigenvalue weighted by Gasteiger charge is 2.19. The first-order chi connectivity index (χ1) is 51.4. The van der Waals surface area contributed by atoms with Crippen molar-refractivity contribution in [1.82, 2.24) is 18.3 Å². The molecule has 19 aromatic rings. The number of aromatic nitrogens is 4. The minimum atomic E-state index is 0.607.